The summed E-state index contributed by atoms with van der Waals surface area (Å²) in [6.07, 6.45) is 2.16. The summed E-state index contributed by atoms with van der Waals surface area (Å²) in [5.41, 5.74) is 1.34. The molecule has 0 bridgehead atoms. The van der Waals surface area contributed by atoms with Gasteiger partial charge in [-0.3, -0.25) is 4.90 Å². The van der Waals surface area contributed by atoms with Crippen LogP contribution in [0.1, 0.15) is 26.7 Å². The van der Waals surface area contributed by atoms with Crippen molar-refractivity contribution in [2.45, 2.75) is 26.7 Å². The number of rotatable bonds is 4. The van der Waals surface area contributed by atoms with Crippen LogP contribution in [0.15, 0.2) is 10.6 Å². The Morgan fingerprint density at radius 2 is 2.00 bits per heavy atom. The summed E-state index contributed by atoms with van der Waals surface area (Å²) in [5, 5.41) is 4.41. The molecule has 1 aliphatic rings. The zero-order valence-electron chi connectivity index (χ0n) is 9.27. The van der Waals surface area contributed by atoms with E-state index >= 15 is 0 Å². The third-order valence-electron chi connectivity index (χ3n) is 2.60. The third kappa shape index (κ3) is 3.99. The second-order valence-corrected chi connectivity index (χ2v) is 4.42. The molecule has 0 unspecified atom stereocenters. The monoisotopic (exact) mass is 216 g/mol. The molecule has 0 aromatic carbocycles. The Hall–Kier alpha value is -0.0500. The second kappa shape index (κ2) is 6.44. The number of piperazine rings is 1. The fourth-order valence-electron chi connectivity index (χ4n) is 1.72. The average molecular weight is 217 g/mol. The molecule has 1 heterocycles. The second-order valence-electron chi connectivity index (χ2n) is 3.96. The highest BCUT2D eigenvalue weighted by Crippen LogP contribution is 2.16. The Kier molecular flexibility index (Phi) is 5.53. The van der Waals surface area contributed by atoms with E-state index in [1.807, 2.05) is 0 Å². The van der Waals surface area contributed by atoms with E-state index in [4.69, 9.17) is 11.6 Å². The summed E-state index contributed by atoms with van der Waals surface area (Å²) >= 11 is 6.19. The normalized spacial score (nSPS) is 20.8. The third-order valence-corrected chi connectivity index (χ3v) is 3.11. The predicted molar refractivity (Wildman–Crippen MR) is 62.8 cm³/mol. The number of hydrogen-bond acceptors (Lipinski definition) is 2. The van der Waals surface area contributed by atoms with Crippen molar-refractivity contribution in [3.8, 4) is 0 Å². The molecule has 2 nitrogen and oxygen atoms in total. The Morgan fingerprint density at radius 3 is 2.57 bits per heavy atom. The lowest BCUT2D eigenvalue weighted by atomic mass is 10.2. The predicted octanol–water partition coefficient (Wildman–Crippen LogP) is 2.20. The van der Waals surface area contributed by atoms with Crippen molar-refractivity contribution in [1.82, 2.24) is 10.2 Å². The lowest BCUT2D eigenvalue weighted by Crippen LogP contribution is -2.44. The van der Waals surface area contributed by atoms with E-state index in [1.165, 1.54) is 5.57 Å². The van der Waals surface area contributed by atoms with Crippen molar-refractivity contribution in [2.24, 2.45) is 0 Å². The molecule has 14 heavy (non-hydrogen) atoms. The maximum Gasteiger partial charge on any atom is 0.0205 e. The first kappa shape index (κ1) is 12.0. The maximum atomic E-state index is 6.19. The Morgan fingerprint density at radius 1 is 1.36 bits per heavy atom. The van der Waals surface area contributed by atoms with E-state index in [0.29, 0.717) is 0 Å². The summed E-state index contributed by atoms with van der Waals surface area (Å²) < 4.78 is 0. The first-order valence-electron chi connectivity index (χ1n) is 5.51. The van der Waals surface area contributed by atoms with E-state index in [0.717, 1.165) is 50.6 Å². The van der Waals surface area contributed by atoms with Crippen LogP contribution in [0, 0.1) is 0 Å². The minimum atomic E-state index is 1.03. The quantitative estimate of drug-likeness (QED) is 0.775. The highest BCUT2D eigenvalue weighted by molar-refractivity contribution is 6.29. The van der Waals surface area contributed by atoms with Crippen molar-refractivity contribution in [3.05, 3.63) is 10.6 Å². The van der Waals surface area contributed by atoms with Crippen LogP contribution in [0.3, 0.4) is 0 Å². The topological polar surface area (TPSA) is 15.3 Å². The minimum absolute atomic E-state index is 1.03. The van der Waals surface area contributed by atoms with E-state index in [2.05, 4.69) is 24.1 Å². The average Bonchev–Trinajstić information content (AvgIpc) is 2.19. The van der Waals surface area contributed by atoms with Gasteiger partial charge in [0, 0.05) is 37.8 Å². The molecule has 0 radical (unpaired) electrons. The molecule has 0 saturated carbocycles. The highest BCUT2D eigenvalue weighted by Gasteiger charge is 2.10. The molecule has 3 heteroatoms. The van der Waals surface area contributed by atoms with E-state index in [-0.39, 0.29) is 0 Å². The van der Waals surface area contributed by atoms with Gasteiger partial charge in [0.1, 0.15) is 0 Å². The number of allylic oxidation sites excluding steroid dienone is 1. The van der Waals surface area contributed by atoms with Gasteiger partial charge in [-0.25, -0.2) is 0 Å². The highest BCUT2D eigenvalue weighted by atomic mass is 35.5. The summed E-state index contributed by atoms with van der Waals surface area (Å²) in [6.45, 7) is 9.87. The molecule has 1 aliphatic heterocycles. The molecule has 1 saturated heterocycles. The number of nitrogens with zero attached hydrogens (tertiary/aromatic N) is 1. The van der Waals surface area contributed by atoms with Crippen molar-refractivity contribution in [3.63, 3.8) is 0 Å². The zero-order valence-corrected chi connectivity index (χ0v) is 10.0. The van der Waals surface area contributed by atoms with Gasteiger partial charge in [-0.15, -0.1) is 0 Å². The molecule has 0 aromatic rings. The van der Waals surface area contributed by atoms with Crippen LogP contribution in [0.25, 0.3) is 0 Å². The molecular formula is C11H21ClN2. The van der Waals surface area contributed by atoms with Crippen LogP contribution < -0.4 is 5.32 Å². The molecule has 82 valence electrons. The van der Waals surface area contributed by atoms with Gasteiger partial charge < -0.3 is 5.32 Å². The first-order chi connectivity index (χ1) is 6.74. The van der Waals surface area contributed by atoms with Gasteiger partial charge in [-0.2, -0.15) is 0 Å². The Bertz CT molecular complexity index is 195. The molecule has 0 aliphatic carbocycles. The Labute approximate surface area is 92.3 Å². The number of nitrogens with one attached hydrogen (secondary N) is 1. The Balaban J connectivity index is 2.37. The fraction of sp³-hybridized carbons (Fsp3) is 0.818. The van der Waals surface area contributed by atoms with E-state index in [9.17, 15) is 0 Å². The molecule has 0 amide bonds. The van der Waals surface area contributed by atoms with Crippen LogP contribution in [0.5, 0.6) is 0 Å². The SMILES string of the molecule is CCC/C(Cl)=C(/C)CN1CCNCC1. The van der Waals surface area contributed by atoms with Gasteiger partial charge >= 0.3 is 0 Å². The van der Waals surface area contributed by atoms with Crippen molar-refractivity contribution in [2.75, 3.05) is 32.7 Å². The summed E-state index contributed by atoms with van der Waals surface area (Å²) in [7, 11) is 0. The molecular weight excluding hydrogens is 196 g/mol. The maximum absolute atomic E-state index is 6.19. The van der Waals surface area contributed by atoms with Gasteiger partial charge in [-0.05, 0) is 18.9 Å². The van der Waals surface area contributed by atoms with Crippen LogP contribution >= 0.6 is 11.6 Å². The summed E-state index contributed by atoms with van der Waals surface area (Å²) in [5.74, 6) is 0. The van der Waals surface area contributed by atoms with Crippen LogP contribution in [0.2, 0.25) is 0 Å². The minimum Gasteiger partial charge on any atom is -0.314 e. The van der Waals surface area contributed by atoms with Gasteiger partial charge in [0.05, 0.1) is 0 Å². The lowest BCUT2D eigenvalue weighted by molar-refractivity contribution is 0.259. The number of halogens is 1. The zero-order chi connectivity index (χ0) is 10.4. The van der Waals surface area contributed by atoms with Crippen LogP contribution in [-0.4, -0.2) is 37.6 Å². The smallest absolute Gasteiger partial charge is 0.0205 e. The van der Waals surface area contributed by atoms with Gasteiger partial charge in [0.25, 0.3) is 0 Å². The molecule has 0 spiro atoms. The fourth-order valence-corrected chi connectivity index (χ4v) is 1.97. The lowest BCUT2D eigenvalue weighted by Gasteiger charge is -2.27. The van der Waals surface area contributed by atoms with Crippen LogP contribution in [0.4, 0.5) is 0 Å². The molecule has 0 aromatic heterocycles. The summed E-state index contributed by atoms with van der Waals surface area (Å²) in [6, 6.07) is 0. The van der Waals surface area contributed by atoms with Gasteiger partial charge in [-0.1, -0.05) is 24.9 Å². The molecule has 1 rings (SSSR count). The molecule has 0 atom stereocenters. The van der Waals surface area contributed by atoms with Crippen LogP contribution in [-0.2, 0) is 0 Å². The number of hydrogen-bond donors (Lipinski definition) is 1. The van der Waals surface area contributed by atoms with Gasteiger partial charge in [0.15, 0.2) is 0 Å². The van der Waals surface area contributed by atoms with E-state index < -0.39 is 0 Å². The summed E-state index contributed by atoms with van der Waals surface area (Å²) in [4.78, 5) is 2.46. The van der Waals surface area contributed by atoms with Crippen molar-refractivity contribution < 1.29 is 0 Å². The standard InChI is InChI=1S/C11H21ClN2/c1-3-4-11(12)10(2)9-14-7-5-13-6-8-14/h13H,3-9H2,1-2H3/b11-10+. The largest absolute Gasteiger partial charge is 0.314 e. The van der Waals surface area contributed by atoms with Crippen molar-refractivity contribution in [1.29, 1.82) is 0 Å². The van der Waals surface area contributed by atoms with Gasteiger partial charge in [0.2, 0.25) is 0 Å². The first-order valence-corrected chi connectivity index (χ1v) is 5.89. The van der Waals surface area contributed by atoms with E-state index in [1.54, 1.807) is 0 Å². The van der Waals surface area contributed by atoms with Crippen molar-refractivity contribution >= 4 is 11.6 Å². The molecule has 1 N–H and O–H groups in total. The molecule has 1 fully saturated rings.